The highest BCUT2D eigenvalue weighted by molar-refractivity contribution is 5.88. The number of carboxylic acids is 1. The van der Waals surface area contributed by atoms with E-state index in [0.717, 1.165) is 38.0 Å². The zero-order valence-corrected chi connectivity index (χ0v) is 14.4. The minimum absolute atomic E-state index is 0.311. The lowest BCUT2D eigenvalue weighted by Gasteiger charge is -2.09. The molecule has 0 aliphatic rings. The van der Waals surface area contributed by atoms with Gasteiger partial charge >= 0.3 is 5.97 Å². The van der Waals surface area contributed by atoms with E-state index in [1.165, 1.54) is 36.5 Å². The van der Waals surface area contributed by atoms with Crippen molar-refractivity contribution in [1.82, 2.24) is 0 Å². The predicted octanol–water partition coefficient (Wildman–Crippen LogP) is 5.81. The number of fused-ring (bicyclic) bond motifs is 1. The molecule has 3 heteroatoms. The fourth-order valence-corrected chi connectivity index (χ4v) is 2.94. The van der Waals surface area contributed by atoms with Crippen molar-refractivity contribution in [1.29, 1.82) is 0 Å². The number of hydrogen-bond donors (Lipinski definition) is 1. The van der Waals surface area contributed by atoms with Gasteiger partial charge in [-0.1, -0.05) is 74.9 Å². The highest BCUT2D eigenvalue weighted by atomic mass is 16.5. The molecule has 0 radical (unpaired) electrons. The van der Waals surface area contributed by atoms with E-state index in [1.807, 2.05) is 24.3 Å². The van der Waals surface area contributed by atoms with Gasteiger partial charge in [0.2, 0.25) is 0 Å². The highest BCUT2D eigenvalue weighted by Crippen LogP contribution is 2.25. The predicted molar refractivity (Wildman–Crippen MR) is 98.6 cm³/mol. The van der Waals surface area contributed by atoms with Crippen LogP contribution in [0, 0.1) is 0 Å². The Balaban J connectivity index is 1.52. The van der Waals surface area contributed by atoms with Crippen LogP contribution in [0.15, 0.2) is 42.5 Å². The van der Waals surface area contributed by atoms with Crippen LogP contribution in [0.3, 0.4) is 0 Å². The van der Waals surface area contributed by atoms with E-state index < -0.39 is 5.97 Å². The minimum atomic E-state index is -0.679. The van der Waals surface area contributed by atoms with Crippen molar-refractivity contribution >= 4 is 16.7 Å². The molecule has 2 aromatic rings. The third-order valence-corrected chi connectivity index (χ3v) is 4.29. The van der Waals surface area contributed by atoms with E-state index in [9.17, 15) is 4.79 Å². The van der Waals surface area contributed by atoms with E-state index in [-0.39, 0.29) is 0 Å². The molecule has 24 heavy (non-hydrogen) atoms. The van der Waals surface area contributed by atoms with E-state index in [1.54, 1.807) is 0 Å². The van der Waals surface area contributed by atoms with Gasteiger partial charge in [0.25, 0.3) is 0 Å². The summed E-state index contributed by atoms with van der Waals surface area (Å²) in [5.74, 6) is 0.299. The maximum absolute atomic E-state index is 10.4. The zero-order chi connectivity index (χ0) is 17.0. The van der Waals surface area contributed by atoms with Gasteiger partial charge in [-0.2, -0.15) is 0 Å². The van der Waals surface area contributed by atoms with Gasteiger partial charge in [0.1, 0.15) is 5.75 Å². The lowest BCUT2D eigenvalue weighted by Crippen LogP contribution is -1.98. The molecule has 0 saturated heterocycles. The Bertz CT molecular complexity index is 616. The molecule has 2 rings (SSSR count). The molecule has 0 saturated carbocycles. The molecule has 130 valence electrons. The van der Waals surface area contributed by atoms with E-state index in [2.05, 4.69) is 18.2 Å². The van der Waals surface area contributed by atoms with Gasteiger partial charge in [0, 0.05) is 11.8 Å². The van der Waals surface area contributed by atoms with Crippen LogP contribution in [-0.4, -0.2) is 17.7 Å². The first kappa shape index (κ1) is 18.3. The molecule has 3 nitrogen and oxygen atoms in total. The summed E-state index contributed by atoms with van der Waals surface area (Å²) in [4.78, 5) is 10.4. The summed E-state index contributed by atoms with van der Waals surface area (Å²) in [6.45, 7) is 0.770. The topological polar surface area (TPSA) is 46.5 Å². The summed E-state index contributed by atoms with van der Waals surface area (Å²) in [6, 6.07) is 14.5. The highest BCUT2D eigenvalue weighted by Gasteiger charge is 2.01. The smallest absolute Gasteiger partial charge is 0.303 e. The van der Waals surface area contributed by atoms with Gasteiger partial charge in [-0.3, -0.25) is 4.79 Å². The number of ether oxygens (including phenoxy) is 1. The number of unbranched alkanes of at least 4 members (excludes halogenated alkanes) is 7. The SMILES string of the molecule is O=C(O)CCCCCCCCCCOc1cccc2ccccc12. The normalized spacial score (nSPS) is 10.8. The van der Waals surface area contributed by atoms with Crippen LogP contribution >= 0.6 is 0 Å². The van der Waals surface area contributed by atoms with E-state index in [4.69, 9.17) is 9.84 Å². The fraction of sp³-hybridized carbons (Fsp3) is 0.476. The lowest BCUT2D eigenvalue weighted by molar-refractivity contribution is -0.137. The number of benzene rings is 2. The first-order chi connectivity index (χ1) is 11.8. The maximum Gasteiger partial charge on any atom is 0.303 e. The zero-order valence-electron chi connectivity index (χ0n) is 14.4. The lowest BCUT2D eigenvalue weighted by atomic mass is 10.1. The molecule has 1 N–H and O–H groups in total. The second kappa shape index (κ2) is 10.7. The Morgan fingerprint density at radius 2 is 1.42 bits per heavy atom. The van der Waals surface area contributed by atoms with Crippen LogP contribution in [-0.2, 0) is 4.79 Å². The summed E-state index contributed by atoms with van der Waals surface area (Å²) >= 11 is 0. The average Bonchev–Trinajstić information content (AvgIpc) is 2.59. The van der Waals surface area contributed by atoms with Gasteiger partial charge in [-0.25, -0.2) is 0 Å². The molecule has 0 aliphatic carbocycles. The number of carboxylic acid groups (broad SMARTS) is 1. The molecule has 0 aromatic heterocycles. The van der Waals surface area contributed by atoms with Crippen LogP contribution in [0.5, 0.6) is 5.75 Å². The molecule has 2 aromatic carbocycles. The van der Waals surface area contributed by atoms with Crippen molar-refractivity contribution in [3.63, 3.8) is 0 Å². The number of rotatable bonds is 12. The summed E-state index contributed by atoms with van der Waals surface area (Å²) in [6.07, 6.45) is 9.28. The Kier molecular flexibility index (Phi) is 8.16. The standard InChI is InChI=1S/C21H28O3/c22-21(23)16-7-5-3-1-2-4-6-10-17-24-20-15-11-13-18-12-8-9-14-19(18)20/h8-9,11-15H,1-7,10,16-17H2,(H,22,23). The third kappa shape index (κ3) is 6.61. The van der Waals surface area contributed by atoms with Gasteiger partial charge in [0.15, 0.2) is 0 Å². The summed E-state index contributed by atoms with van der Waals surface area (Å²) in [5.41, 5.74) is 0. The van der Waals surface area contributed by atoms with Gasteiger partial charge in [-0.05, 0) is 24.3 Å². The molecule has 0 unspecified atom stereocenters. The first-order valence-corrected chi connectivity index (χ1v) is 9.10. The summed E-state index contributed by atoms with van der Waals surface area (Å²) in [7, 11) is 0. The van der Waals surface area contributed by atoms with Crippen LogP contribution in [0.2, 0.25) is 0 Å². The van der Waals surface area contributed by atoms with E-state index >= 15 is 0 Å². The number of aliphatic carboxylic acids is 1. The molecular weight excluding hydrogens is 300 g/mol. The maximum atomic E-state index is 10.4. The fourth-order valence-electron chi connectivity index (χ4n) is 2.94. The quantitative estimate of drug-likeness (QED) is 0.500. The Labute approximate surface area is 144 Å². The molecular formula is C21H28O3. The third-order valence-electron chi connectivity index (χ3n) is 4.29. The largest absolute Gasteiger partial charge is 0.493 e. The number of carbonyl (C=O) groups is 1. The monoisotopic (exact) mass is 328 g/mol. The van der Waals surface area contributed by atoms with Crippen LogP contribution in [0.1, 0.15) is 57.8 Å². The van der Waals surface area contributed by atoms with Crippen molar-refractivity contribution < 1.29 is 14.6 Å². The van der Waals surface area contributed by atoms with Crippen molar-refractivity contribution in [3.8, 4) is 5.75 Å². The average molecular weight is 328 g/mol. The van der Waals surface area contributed by atoms with Gasteiger partial charge in [-0.15, -0.1) is 0 Å². The second-order valence-electron chi connectivity index (χ2n) is 6.30. The van der Waals surface area contributed by atoms with Gasteiger partial charge in [0.05, 0.1) is 6.61 Å². The van der Waals surface area contributed by atoms with Gasteiger partial charge < -0.3 is 9.84 Å². The number of hydrogen-bond acceptors (Lipinski definition) is 2. The summed E-state index contributed by atoms with van der Waals surface area (Å²) < 4.78 is 5.95. The molecule has 0 aliphatic heterocycles. The molecule has 0 atom stereocenters. The molecule has 0 fully saturated rings. The molecule has 0 bridgehead atoms. The van der Waals surface area contributed by atoms with Crippen LogP contribution < -0.4 is 4.74 Å². The van der Waals surface area contributed by atoms with Crippen LogP contribution in [0.4, 0.5) is 0 Å². The Morgan fingerprint density at radius 3 is 2.17 bits per heavy atom. The van der Waals surface area contributed by atoms with Crippen molar-refractivity contribution in [2.45, 2.75) is 57.8 Å². The second-order valence-corrected chi connectivity index (χ2v) is 6.30. The Morgan fingerprint density at radius 1 is 0.792 bits per heavy atom. The first-order valence-electron chi connectivity index (χ1n) is 9.10. The summed E-state index contributed by atoms with van der Waals surface area (Å²) in [5, 5.41) is 11.0. The van der Waals surface area contributed by atoms with Crippen molar-refractivity contribution in [2.24, 2.45) is 0 Å². The van der Waals surface area contributed by atoms with E-state index in [0.29, 0.717) is 6.42 Å². The minimum Gasteiger partial charge on any atom is -0.493 e. The van der Waals surface area contributed by atoms with Crippen molar-refractivity contribution in [2.75, 3.05) is 6.61 Å². The molecule has 0 heterocycles. The Hall–Kier alpha value is -2.03. The molecule has 0 amide bonds. The van der Waals surface area contributed by atoms with Crippen molar-refractivity contribution in [3.05, 3.63) is 42.5 Å². The van der Waals surface area contributed by atoms with Crippen LogP contribution in [0.25, 0.3) is 10.8 Å². The molecule has 0 spiro atoms.